The van der Waals surface area contributed by atoms with Gasteiger partial charge in [-0.2, -0.15) is 0 Å². The van der Waals surface area contributed by atoms with E-state index in [4.69, 9.17) is 4.74 Å². The molecule has 2 amide bonds. The van der Waals surface area contributed by atoms with Gasteiger partial charge >= 0.3 is 0 Å². The quantitative estimate of drug-likeness (QED) is 0.568. The lowest BCUT2D eigenvalue weighted by molar-refractivity contribution is 0.0552. The largest absolute Gasteiger partial charge is 0.496 e. The number of nitrogens with one attached hydrogen (secondary N) is 1. The van der Waals surface area contributed by atoms with Gasteiger partial charge in [-0.3, -0.25) is 14.5 Å². The second-order valence-corrected chi connectivity index (χ2v) is 10.9. The number of benzene rings is 2. The number of nitrogens with zero attached hydrogens (tertiary/aromatic N) is 3. The summed E-state index contributed by atoms with van der Waals surface area (Å²) in [6, 6.07) is 16.2. The Morgan fingerprint density at radius 1 is 0.763 bits per heavy atom. The van der Waals surface area contributed by atoms with E-state index in [1.165, 1.54) is 38.5 Å². The molecule has 7 heteroatoms. The number of piperidine rings is 1. The maximum atomic E-state index is 13.6. The van der Waals surface area contributed by atoms with Crippen LogP contribution < -0.4 is 15.0 Å². The highest BCUT2D eigenvalue weighted by atomic mass is 16.5. The van der Waals surface area contributed by atoms with E-state index in [-0.39, 0.29) is 17.9 Å². The molecule has 0 radical (unpaired) electrons. The summed E-state index contributed by atoms with van der Waals surface area (Å²) >= 11 is 0. The number of amides is 2. The molecular formula is C31H42N4O3. The molecule has 3 aliphatic rings. The van der Waals surface area contributed by atoms with Gasteiger partial charge in [-0.15, -0.1) is 0 Å². The summed E-state index contributed by atoms with van der Waals surface area (Å²) in [6.45, 7) is 5.18. The van der Waals surface area contributed by atoms with Gasteiger partial charge in [0, 0.05) is 57.0 Å². The van der Waals surface area contributed by atoms with E-state index >= 15 is 0 Å². The average molecular weight is 519 g/mol. The van der Waals surface area contributed by atoms with E-state index in [0.29, 0.717) is 17.4 Å². The van der Waals surface area contributed by atoms with Crippen LogP contribution in [0.2, 0.25) is 0 Å². The Morgan fingerprint density at radius 2 is 1.39 bits per heavy atom. The molecular weight excluding hydrogens is 476 g/mol. The second kappa shape index (κ2) is 12.7. The molecule has 2 aromatic rings. The number of rotatable bonds is 6. The average Bonchev–Trinajstić information content (AvgIpc) is 3.27. The van der Waals surface area contributed by atoms with Crippen molar-refractivity contribution in [3.05, 3.63) is 59.7 Å². The topological polar surface area (TPSA) is 65.1 Å². The molecule has 1 N–H and O–H groups in total. The van der Waals surface area contributed by atoms with Crippen LogP contribution in [-0.2, 0) is 0 Å². The summed E-state index contributed by atoms with van der Waals surface area (Å²) in [5.74, 6) is 0.636. The maximum absolute atomic E-state index is 13.6. The van der Waals surface area contributed by atoms with Crippen LogP contribution in [-0.4, -0.2) is 80.1 Å². The summed E-state index contributed by atoms with van der Waals surface area (Å²) in [7, 11) is 1.58. The van der Waals surface area contributed by atoms with Gasteiger partial charge in [-0.05, 0) is 49.9 Å². The van der Waals surface area contributed by atoms with Gasteiger partial charge in [0.25, 0.3) is 11.8 Å². The smallest absolute Gasteiger partial charge is 0.256 e. The lowest BCUT2D eigenvalue weighted by atomic mass is 10.0. The van der Waals surface area contributed by atoms with Gasteiger partial charge in [0.2, 0.25) is 0 Å². The lowest BCUT2D eigenvalue weighted by Gasteiger charge is -2.40. The molecule has 1 aliphatic carbocycles. The van der Waals surface area contributed by atoms with E-state index in [0.717, 1.165) is 63.4 Å². The molecule has 5 rings (SSSR count). The molecule has 0 aromatic heterocycles. The molecule has 7 nitrogen and oxygen atoms in total. The Kier molecular flexibility index (Phi) is 8.84. The molecule has 0 spiro atoms. The van der Waals surface area contributed by atoms with Crippen molar-refractivity contribution in [1.29, 1.82) is 0 Å². The van der Waals surface area contributed by atoms with Crippen molar-refractivity contribution in [3.8, 4) is 5.75 Å². The predicted octanol–water partition coefficient (Wildman–Crippen LogP) is 4.57. The number of hydrogen-bond acceptors (Lipinski definition) is 5. The Hall–Kier alpha value is -3.06. The monoisotopic (exact) mass is 518 g/mol. The number of anilines is 1. The Morgan fingerprint density at radius 3 is 2.08 bits per heavy atom. The van der Waals surface area contributed by atoms with E-state index in [2.05, 4.69) is 21.2 Å². The molecule has 0 atom stereocenters. The third-order valence-corrected chi connectivity index (χ3v) is 8.60. The molecule has 0 bridgehead atoms. The van der Waals surface area contributed by atoms with Crippen molar-refractivity contribution in [3.63, 3.8) is 0 Å². The summed E-state index contributed by atoms with van der Waals surface area (Å²) in [5.41, 5.74) is 2.37. The van der Waals surface area contributed by atoms with Crippen LogP contribution in [0.3, 0.4) is 0 Å². The number of methoxy groups -OCH3 is 1. The first-order valence-corrected chi connectivity index (χ1v) is 14.4. The Balaban J connectivity index is 1.16. The van der Waals surface area contributed by atoms with E-state index in [1.54, 1.807) is 13.2 Å². The van der Waals surface area contributed by atoms with Gasteiger partial charge in [-0.25, -0.2) is 0 Å². The molecule has 2 aliphatic heterocycles. The Bertz CT molecular complexity index is 1080. The van der Waals surface area contributed by atoms with Crippen molar-refractivity contribution in [2.75, 3.05) is 51.3 Å². The van der Waals surface area contributed by atoms with Gasteiger partial charge in [0.05, 0.1) is 18.2 Å². The van der Waals surface area contributed by atoms with Crippen molar-refractivity contribution < 1.29 is 14.3 Å². The Labute approximate surface area is 227 Å². The van der Waals surface area contributed by atoms with Crippen LogP contribution in [0.25, 0.3) is 0 Å². The summed E-state index contributed by atoms with van der Waals surface area (Å²) < 4.78 is 5.35. The minimum absolute atomic E-state index is 0.0977. The number of piperazine rings is 1. The maximum Gasteiger partial charge on any atom is 0.256 e. The fraction of sp³-hybridized carbons (Fsp3) is 0.548. The number of para-hydroxylation sites is 2. The van der Waals surface area contributed by atoms with Gasteiger partial charge in [-0.1, -0.05) is 49.9 Å². The van der Waals surface area contributed by atoms with Gasteiger partial charge in [0.1, 0.15) is 5.75 Å². The zero-order valence-corrected chi connectivity index (χ0v) is 22.7. The first-order valence-electron chi connectivity index (χ1n) is 14.4. The SMILES string of the molecule is COc1ccccc1C(=O)NC1CCN(c2ccccc2C(=O)N2CCN(C3CCCCCC3)CC2)CC1. The molecule has 204 valence electrons. The number of carbonyl (C=O) groups excluding carboxylic acids is 2. The molecule has 2 heterocycles. The van der Waals surface area contributed by atoms with Crippen LogP contribution in [0.5, 0.6) is 5.75 Å². The number of carbonyl (C=O) groups is 2. The van der Waals surface area contributed by atoms with Crippen molar-refractivity contribution >= 4 is 17.5 Å². The van der Waals surface area contributed by atoms with Crippen LogP contribution in [0.1, 0.15) is 72.1 Å². The third kappa shape index (κ3) is 6.15. The van der Waals surface area contributed by atoms with Gasteiger partial charge < -0.3 is 19.9 Å². The normalized spacial score (nSPS) is 20.1. The predicted molar refractivity (Wildman–Crippen MR) is 151 cm³/mol. The van der Waals surface area contributed by atoms with Crippen LogP contribution >= 0.6 is 0 Å². The van der Waals surface area contributed by atoms with Crippen LogP contribution in [0, 0.1) is 0 Å². The fourth-order valence-electron chi connectivity index (χ4n) is 6.37. The van der Waals surface area contributed by atoms with E-state index in [1.807, 2.05) is 41.3 Å². The van der Waals surface area contributed by atoms with E-state index < -0.39 is 0 Å². The number of ether oxygens (including phenoxy) is 1. The number of hydrogen-bond donors (Lipinski definition) is 1. The molecule has 3 fully saturated rings. The van der Waals surface area contributed by atoms with Crippen LogP contribution in [0.4, 0.5) is 5.69 Å². The van der Waals surface area contributed by atoms with Crippen molar-refractivity contribution in [2.45, 2.75) is 63.5 Å². The van der Waals surface area contributed by atoms with E-state index in [9.17, 15) is 9.59 Å². The van der Waals surface area contributed by atoms with Gasteiger partial charge in [0.15, 0.2) is 0 Å². The molecule has 0 unspecified atom stereocenters. The first-order chi connectivity index (χ1) is 18.6. The third-order valence-electron chi connectivity index (χ3n) is 8.60. The molecule has 2 saturated heterocycles. The summed E-state index contributed by atoms with van der Waals surface area (Å²) in [6.07, 6.45) is 9.73. The minimum Gasteiger partial charge on any atom is -0.496 e. The summed E-state index contributed by atoms with van der Waals surface area (Å²) in [5, 5.41) is 3.18. The highest BCUT2D eigenvalue weighted by Gasteiger charge is 2.30. The standard InChI is InChI=1S/C31H42N4O3/c1-38-29-15-9-7-13-27(29)30(36)32-24-16-18-34(19-17-24)28-14-8-6-12-26(28)31(37)35-22-20-33(21-23-35)25-10-4-2-3-5-11-25/h6-9,12-15,24-25H,2-5,10-11,16-23H2,1H3,(H,32,36). The second-order valence-electron chi connectivity index (χ2n) is 10.9. The minimum atomic E-state index is -0.0977. The fourth-order valence-corrected chi connectivity index (χ4v) is 6.37. The van der Waals surface area contributed by atoms with Crippen molar-refractivity contribution in [1.82, 2.24) is 15.1 Å². The molecule has 38 heavy (non-hydrogen) atoms. The zero-order valence-electron chi connectivity index (χ0n) is 22.7. The highest BCUT2D eigenvalue weighted by Crippen LogP contribution is 2.28. The molecule has 2 aromatic carbocycles. The lowest BCUT2D eigenvalue weighted by Crippen LogP contribution is -2.52. The zero-order chi connectivity index (χ0) is 26.3. The van der Waals surface area contributed by atoms with Crippen LogP contribution in [0.15, 0.2) is 48.5 Å². The highest BCUT2D eigenvalue weighted by molar-refractivity contribution is 6.00. The van der Waals surface area contributed by atoms with Crippen molar-refractivity contribution in [2.24, 2.45) is 0 Å². The summed E-state index contributed by atoms with van der Waals surface area (Å²) in [4.78, 5) is 33.5. The molecule has 1 saturated carbocycles. The first kappa shape index (κ1) is 26.5.